The van der Waals surface area contributed by atoms with Gasteiger partial charge in [0.25, 0.3) is 5.91 Å². The Morgan fingerprint density at radius 1 is 1.27 bits per heavy atom. The minimum absolute atomic E-state index is 0.0275. The second-order valence-electron chi connectivity index (χ2n) is 5.36. The summed E-state index contributed by atoms with van der Waals surface area (Å²) in [4.78, 5) is 12.2. The largest absolute Gasteiger partial charge is 0.504 e. The van der Waals surface area contributed by atoms with Crippen LogP contribution >= 0.6 is 0 Å². The van der Waals surface area contributed by atoms with Gasteiger partial charge < -0.3 is 9.84 Å². The Morgan fingerprint density at radius 3 is 2.85 bits per heavy atom. The van der Waals surface area contributed by atoms with Gasteiger partial charge in [-0.25, -0.2) is 5.43 Å². The minimum Gasteiger partial charge on any atom is -0.504 e. The van der Waals surface area contributed by atoms with Crippen molar-refractivity contribution in [1.29, 1.82) is 0 Å². The van der Waals surface area contributed by atoms with E-state index in [1.807, 2.05) is 37.3 Å². The molecule has 1 heterocycles. The second kappa shape index (κ2) is 7.98. The van der Waals surface area contributed by atoms with Crippen molar-refractivity contribution in [3.8, 4) is 22.8 Å². The van der Waals surface area contributed by atoms with Crippen molar-refractivity contribution in [3.05, 3.63) is 65.9 Å². The van der Waals surface area contributed by atoms with E-state index in [4.69, 9.17) is 4.74 Å². The molecule has 0 unspecified atom stereocenters. The molecule has 0 fully saturated rings. The molecule has 0 radical (unpaired) electrons. The number of amides is 1. The van der Waals surface area contributed by atoms with E-state index < -0.39 is 5.91 Å². The van der Waals surface area contributed by atoms with Crippen LogP contribution in [0.4, 0.5) is 0 Å². The topological polar surface area (TPSA) is 99.6 Å². The molecule has 2 aromatic carbocycles. The van der Waals surface area contributed by atoms with Gasteiger partial charge in [0.1, 0.15) is 5.69 Å². The molecular weight excluding hydrogens is 332 g/mol. The number of hydrogen-bond donors (Lipinski definition) is 3. The maximum Gasteiger partial charge on any atom is 0.289 e. The number of nitrogens with zero attached hydrogens (tertiary/aromatic N) is 2. The van der Waals surface area contributed by atoms with E-state index in [0.29, 0.717) is 23.6 Å². The fraction of sp³-hybridized carbons (Fsp3) is 0.105. The monoisotopic (exact) mass is 350 g/mol. The first-order chi connectivity index (χ1) is 12.7. The lowest BCUT2D eigenvalue weighted by Crippen LogP contribution is -2.18. The third-order valence-electron chi connectivity index (χ3n) is 3.59. The quantitative estimate of drug-likeness (QED) is 0.470. The van der Waals surface area contributed by atoms with Crippen LogP contribution in [-0.4, -0.2) is 34.0 Å². The zero-order valence-corrected chi connectivity index (χ0v) is 14.1. The van der Waals surface area contributed by atoms with Crippen molar-refractivity contribution >= 4 is 12.1 Å². The van der Waals surface area contributed by atoms with Crippen LogP contribution in [0.25, 0.3) is 11.3 Å². The average molecular weight is 350 g/mol. The molecule has 0 bridgehead atoms. The first kappa shape index (κ1) is 17.2. The number of aromatic amines is 1. The maximum absolute atomic E-state index is 12.2. The molecule has 3 aromatic rings. The normalized spacial score (nSPS) is 10.8. The molecule has 0 atom stereocenters. The number of aromatic nitrogens is 2. The highest BCUT2D eigenvalue weighted by Crippen LogP contribution is 2.28. The summed E-state index contributed by atoms with van der Waals surface area (Å²) in [7, 11) is 0. The highest BCUT2D eigenvalue weighted by molar-refractivity contribution is 5.94. The van der Waals surface area contributed by atoms with Crippen LogP contribution in [0.2, 0.25) is 0 Å². The molecule has 0 aliphatic rings. The molecule has 0 saturated heterocycles. The van der Waals surface area contributed by atoms with E-state index >= 15 is 0 Å². The van der Waals surface area contributed by atoms with Gasteiger partial charge in [-0.15, -0.1) is 0 Å². The van der Waals surface area contributed by atoms with Crippen LogP contribution in [0.3, 0.4) is 0 Å². The smallest absolute Gasteiger partial charge is 0.289 e. The number of carbonyl (C=O) groups excluding carboxylic acids is 1. The van der Waals surface area contributed by atoms with Crippen LogP contribution in [0, 0.1) is 0 Å². The number of hydrazone groups is 1. The van der Waals surface area contributed by atoms with E-state index in [1.54, 1.807) is 24.3 Å². The van der Waals surface area contributed by atoms with E-state index in [9.17, 15) is 9.90 Å². The molecule has 0 spiro atoms. The molecular formula is C19H18N4O3. The zero-order chi connectivity index (χ0) is 18.4. The van der Waals surface area contributed by atoms with Gasteiger partial charge in [-0.1, -0.05) is 36.4 Å². The molecule has 0 aliphatic carbocycles. The summed E-state index contributed by atoms with van der Waals surface area (Å²) in [5, 5.41) is 20.8. The summed E-state index contributed by atoms with van der Waals surface area (Å²) in [6.07, 6.45) is 1.35. The minimum atomic E-state index is -0.434. The lowest BCUT2D eigenvalue weighted by atomic mass is 10.1. The second-order valence-corrected chi connectivity index (χ2v) is 5.36. The fourth-order valence-corrected chi connectivity index (χ4v) is 2.33. The van der Waals surface area contributed by atoms with Crippen LogP contribution in [-0.2, 0) is 0 Å². The number of H-pyrrole nitrogens is 1. The maximum atomic E-state index is 12.2. The number of benzene rings is 2. The van der Waals surface area contributed by atoms with Crippen molar-refractivity contribution in [1.82, 2.24) is 15.6 Å². The summed E-state index contributed by atoms with van der Waals surface area (Å²) in [6, 6.07) is 16.2. The van der Waals surface area contributed by atoms with Gasteiger partial charge >= 0.3 is 0 Å². The predicted octanol–water partition coefficient (Wildman–Crippen LogP) is 2.94. The van der Waals surface area contributed by atoms with Crippen molar-refractivity contribution in [2.24, 2.45) is 5.10 Å². The lowest BCUT2D eigenvalue weighted by Gasteiger charge is -2.07. The summed E-state index contributed by atoms with van der Waals surface area (Å²) in [5.41, 5.74) is 4.69. The Balaban J connectivity index is 1.67. The van der Waals surface area contributed by atoms with Gasteiger partial charge in [-0.05, 0) is 25.1 Å². The first-order valence-corrected chi connectivity index (χ1v) is 8.08. The molecule has 26 heavy (non-hydrogen) atoms. The Morgan fingerprint density at radius 2 is 2.08 bits per heavy atom. The van der Waals surface area contributed by atoms with Gasteiger partial charge in [-0.2, -0.15) is 10.2 Å². The van der Waals surface area contributed by atoms with E-state index in [-0.39, 0.29) is 11.4 Å². The lowest BCUT2D eigenvalue weighted by molar-refractivity contribution is 0.0950. The number of phenols is 1. The molecule has 7 nitrogen and oxygen atoms in total. The predicted molar refractivity (Wildman–Crippen MR) is 98.4 cm³/mol. The van der Waals surface area contributed by atoms with Crippen LogP contribution in [0.5, 0.6) is 11.5 Å². The number of aromatic hydroxyl groups is 1. The summed E-state index contributed by atoms with van der Waals surface area (Å²) >= 11 is 0. The van der Waals surface area contributed by atoms with Crippen molar-refractivity contribution in [3.63, 3.8) is 0 Å². The Hall–Kier alpha value is -3.61. The third-order valence-corrected chi connectivity index (χ3v) is 3.59. The molecule has 0 saturated carbocycles. The van der Waals surface area contributed by atoms with Crippen LogP contribution < -0.4 is 10.2 Å². The Labute approximate surface area is 150 Å². The van der Waals surface area contributed by atoms with Crippen molar-refractivity contribution in [2.75, 3.05) is 6.61 Å². The van der Waals surface area contributed by atoms with Crippen LogP contribution in [0.1, 0.15) is 23.0 Å². The summed E-state index contributed by atoms with van der Waals surface area (Å²) in [5.74, 6) is -0.0968. The summed E-state index contributed by atoms with van der Waals surface area (Å²) in [6.45, 7) is 2.27. The number of para-hydroxylation sites is 1. The highest BCUT2D eigenvalue weighted by atomic mass is 16.5. The van der Waals surface area contributed by atoms with Gasteiger partial charge in [0.2, 0.25) is 0 Å². The number of ether oxygens (including phenoxy) is 1. The molecule has 7 heteroatoms. The van der Waals surface area contributed by atoms with Crippen LogP contribution in [0.15, 0.2) is 59.7 Å². The van der Waals surface area contributed by atoms with Crippen molar-refractivity contribution < 1.29 is 14.6 Å². The van der Waals surface area contributed by atoms with E-state index in [1.165, 1.54) is 6.21 Å². The molecule has 3 N–H and O–H groups in total. The highest BCUT2D eigenvalue weighted by Gasteiger charge is 2.10. The molecule has 132 valence electrons. The zero-order valence-electron chi connectivity index (χ0n) is 14.1. The van der Waals surface area contributed by atoms with E-state index in [0.717, 1.165) is 5.56 Å². The number of hydrogen-bond acceptors (Lipinski definition) is 5. The van der Waals surface area contributed by atoms with Gasteiger partial charge in [0, 0.05) is 11.1 Å². The Bertz CT molecular complexity index is 920. The number of phenolic OH excluding ortho intramolecular Hbond substituents is 1. The fourth-order valence-electron chi connectivity index (χ4n) is 2.33. The van der Waals surface area contributed by atoms with Gasteiger partial charge in [0.05, 0.1) is 18.5 Å². The average Bonchev–Trinajstić information content (AvgIpc) is 3.16. The van der Waals surface area contributed by atoms with E-state index in [2.05, 4.69) is 20.7 Å². The molecule has 0 aliphatic heterocycles. The number of rotatable bonds is 6. The van der Waals surface area contributed by atoms with Crippen molar-refractivity contribution in [2.45, 2.75) is 6.92 Å². The third kappa shape index (κ3) is 3.89. The first-order valence-electron chi connectivity index (χ1n) is 8.08. The standard InChI is InChI=1S/C19H18N4O3/c1-2-26-17-10-6-9-14(18(17)24)12-20-23-19(25)16-11-15(21-22-16)13-7-4-3-5-8-13/h3-12,24H,2H2,1H3,(H,21,22)(H,23,25)/b20-12+. The number of nitrogens with one attached hydrogen (secondary N) is 2. The van der Waals surface area contributed by atoms with Gasteiger partial charge in [0.15, 0.2) is 11.5 Å². The molecule has 1 aromatic heterocycles. The Kier molecular flexibility index (Phi) is 5.28. The summed E-state index contributed by atoms with van der Waals surface area (Å²) < 4.78 is 5.31. The van der Waals surface area contributed by atoms with Gasteiger partial charge in [-0.3, -0.25) is 9.89 Å². The number of carbonyl (C=O) groups is 1. The molecule has 3 rings (SSSR count). The SMILES string of the molecule is CCOc1cccc(/C=N/NC(=O)c2cc(-c3ccccc3)n[nH]2)c1O. The molecule has 1 amide bonds.